The molecular weight excluding hydrogens is 444 g/mol. The van der Waals surface area contributed by atoms with Gasteiger partial charge in [-0.05, 0) is 32.9 Å². The number of halogens is 2. The lowest BCUT2D eigenvalue weighted by atomic mass is 10.0. The number of fused-ring (bicyclic) bond motifs is 1. The summed E-state index contributed by atoms with van der Waals surface area (Å²) in [5, 5.41) is 18.4. The smallest absolute Gasteiger partial charge is 0.256 e. The number of carbonyl (C=O) groups excluding carboxylic acids is 1. The number of anilines is 1. The molecule has 2 atom stereocenters. The lowest BCUT2D eigenvalue weighted by Gasteiger charge is -2.25. The van der Waals surface area contributed by atoms with Crippen LogP contribution in [0, 0.1) is 30.4 Å². The second-order valence-corrected chi connectivity index (χ2v) is 9.45. The first kappa shape index (κ1) is 22.3. The molecular formula is C23H25F2N7O2. The number of benzene rings is 1. The highest BCUT2D eigenvalue weighted by Gasteiger charge is 2.43. The first-order chi connectivity index (χ1) is 16.1. The molecule has 2 aromatic heterocycles. The van der Waals surface area contributed by atoms with Crippen LogP contribution in [0.25, 0.3) is 5.69 Å². The van der Waals surface area contributed by atoms with Gasteiger partial charge in [-0.15, -0.1) is 0 Å². The maximum atomic E-state index is 14.5. The predicted molar refractivity (Wildman–Crippen MR) is 118 cm³/mol. The zero-order valence-corrected chi connectivity index (χ0v) is 19.1. The summed E-state index contributed by atoms with van der Waals surface area (Å²) in [6, 6.07) is 3.97. The topological polar surface area (TPSA) is 100 Å². The fourth-order valence-corrected chi connectivity index (χ4v) is 4.78. The third kappa shape index (κ3) is 3.89. The minimum atomic E-state index is -1.43. The summed E-state index contributed by atoms with van der Waals surface area (Å²) in [4.78, 5) is 26.9. The fraction of sp³-hybridized carbons (Fsp3) is 0.435. The van der Waals surface area contributed by atoms with Gasteiger partial charge in [-0.2, -0.15) is 15.0 Å². The Hall–Kier alpha value is -3.47. The molecule has 2 aliphatic heterocycles. The van der Waals surface area contributed by atoms with Gasteiger partial charge in [-0.3, -0.25) is 4.79 Å². The van der Waals surface area contributed by atoms with Gasteiger partial charge in [0.2, 0.25) is 5.95 Å². The summed E-state index contributed by atoms with van der Waals surface area (Å²) >= 11 is 0. The Morgan fingerprint density at radius 2 is 1.71 bits per heavy atom. The Labute approximate surface area is 195 Å². The molecule has 2 saturated heterocycles. The number of hydrogen-bond donors (Lipinski definition) is 1. The third-order valence-electron chi connectivity index (χ3n) is 6.47. The summed E-state index contributed by atoms with van der Waals surface area (Å²) in [7, 11) is 0. The predicted octanol–water partition coefficient (Wildman–Crippen LogP) is 2.08. The summed E-state index contributed by atoms with van der Waals surface area (Å²) in [5.74, 6) is -0.516. The van der Waals surface area contributed by atoms with Crippen molar-refractivity contribution < 1.29 is 18.7 Å². The molecule has 1 amide bonds. The van der Waals surface area contributed by atoms with E-state index in [1.165, 1.54) is 49.2 Å². The molecule has 2 fully saturated rings. The number of rotatable bonds is 4. The number of aryl methyl sites for hydroxylation is 1. The molecule has 1 aromatic carbocycles. The molecule has 5 rings (SSSR count). The molecule has 0 spiro atoms. The van der Waals surface area contributed by atoms with Crippen molar-refractivity contribution in [3.8, 4) is 5.69 Å². The van der Waals surface area contributed by atoms with Crippen molar-refractivity contribution in [3.05, 3.63) is 59.2 Å². The first-order valence-corrected chi connectivity index (χ1v) is 11.1. The van der Waals surface area contributed by atoms with Gasteiger partial charge in [0.25, 0.3) is 5.91 Å². The number of likely N-dealkylation sites (tertiary alicyclic amines) is 1. The molecule has 0 bridgehead atoms. The van der Waals surface area contributed by atoms with Crippen LogP contribution in [-0.4, -0.2) is 67.1 Å². The Bertz CT molecular complexity index is 1230. The van der Waals surface area contributed by atoms with E-state index >= 15 is 0 Å². The Balaban J connectivity index is 1.33. The summed E-state index contributed by atoms with van der Waals surface area (Å²) in [6.45, 7) is 6.83. The molecule has 11 heteroatoms. The molecule has 2 aliphatic rings. The highest BCUT2D eigenvalue weighted by molar-refractivity contribution is 5.98. The van der Waals surface area contributed by atoms with Crippen LogP contribution in [-0.2, 0) is 5.60 Å². The van der Waals surface area contributed by atoms with Crippen molar-refractivity contribution in [2.75, 3.05) is 31.1 Å². The van der Waals surface area contributed by atoms with Gasteiger partial charge in [0.05, 0.1) is 23.7 Å². The first-order valence-electron chi connectivity index (χ1n) is 11.1. The molecule has 1 N–H and O–H groups in total. The monoisotopic (exact) mass is 469 g/mol. The van der Waals surface area contributed by atoms with Gasteiger partial charge in [0.15, 0.2) is 5.82 Å². The van der Waals surface area contributed by atoms with Crippen molar-refractivity contribution in [2.24, 2.45) is 11.8 Å². The minimum absolute atomic E-state index is 0.0278. The third-order valence-corrected chi connectivity index (χ3v) is 6.47. The number of aliphatic hydroxyl groups is 1. The Morgan fingerprint density at radius 1 is 1.06 bits per heavy atom. The van der Waals surface area contributed by atoms with Crippen LogP contribution in [0.1, 0.15) is 35.6 Å². The standard InChI is InChI=1S/C23H25F2N7O2/c1-13-19(25)20(23(2,3)34)29-22(28-13)31-11-14-9-30(10-15(14)12-31)21(33)17-5-4-16(24)8-18(17)32-26-6-7-27-32/h4-8,14-15,34H,9-12H2,1-3H3. The highest BCUT2D eigenvalue weighted by atomic mass is 19.1. The molecule has 0 saturated carbocycles. The van der Waals surface area contributed by atoms with Crippen LogP contribution in [0.4, 0.5) is 14.7 Å². The van der Waals surface area contributed by atoms with Gasteiger partial charge in [-0.25, -0.2) is 18.7 Å². The van der Waals surface area contributed by atoms with Gasteiger partial charge in [0.1, 0.15) is 22.8 Å². The molecule has 178 valence electrons. The Morgan fingerprint density at radius 3 is 2.32 bits per heavy atom. The van der Waals surface area contributed by atoms with Gasteiger partial charge < -0.3 is 14.9 Å². The molecule has 0 radical (unpaired) electrons. The molecule has 3 aromatic rings. The Kier molecular flexibility index (Phi) is 5.31. The van der Waals surface area contributed by atoms with E-state index in [-0.39, 0.29) is 29.1 Å². The zero-order valence-electron chi connectivity index (χ0n) is 19.1. The van der Waals surface area contributed by atoms with E-state index in [4.69, 9.17) is 0 Å². The van der Waals surface area contributed by atoms with Crippen molar-refractivity contribution >= 4 is 11.9 Å². The van der Waals surface area contributed by atoms with E-state index in [0.717, 1.165) is 0 Å². The molecule has 2 unspecified atom stereocenters. The maximum Gasteiger partial charge on any atom is 0.256 e. The lowest BCUT2D eigenvalue weighted by molar-refractivity contribution is 0.0690. The van der Waals surface area contributed by atoms with Gasteiger partial charge in [-0.1, -0.05) is 0 Å². The molecule has 34 heavy (non-hydrogen) atoms. The lowest BCUT2D eigenvalue weighted by Crippen LogP contribution is -2.35. The number of carbonyl (C=O) groups is 1. The van der Waals surface area contributed by atoms with Gasteiger partial charge in [0, 0.05) is 44.1 Å². The second kappa shape index (κ2) is 8.08. The van der Waals surface area contributed by atoms with Crippen molar-refractivity contribution in [2.45, 2.75) is 26.4 Å². The summed E-state index contributed by atoms with van der Waals surface area (Å²) in [5.41, 5.74) is -0.640. The summed E-state index contributed by atoms with van der Waals surface area (Å²) in [6.07, 6.45) is 2.94. The molecule has 9 nitrogen and oxygen atoms in total. The SMILES string of the molecule is Cc1nc(N2CC3CN(C(=O)c4ccc(F)cc4-n4nccn4)CC3C2)nc(C(C)(C)O)c1F. The van der Waals surface area contributed by atoms with Crippen molar-refractivity contribution in [3.63, 3.8) is 0 Å². The van der Waals surface area contributed by atoms with Crippen LogP contribution in [0.5, 0.6) is 0 Å². The number of amides is 1. The average molecular weight is 469 g/mol. The van der Waals surface area contributed by atoms with Crippen molar-refractivity contribution in [1.82, 2.24) is 29.9 Å². The average Bonchev–Trinajstić information content (AvgIpc) is 3.51. The highest BCUT2D eigenvalue weighted by Crippen LogP contribution is 2.35. The van der Waals surface area contributed by atoms with E-state index in [1.54, 1.807) is 11.8 Å². The quantitative estimate of drug-likeness (QED) is 0.625. The molecule has 0 aliphatic carbocycles. The normalized spacial score (nSPS) is 20.2. The van der Waals surface area contributed by atoms with E-state index < -0.39 is 17.2 Å². The van der Waals surface area contributed by atoms with Gasteiger partial charge >= 0.3 is 0 Å². The van der Waals surface area contributed by atoms with E-state index in [1.807, 2.05) is 4.90 Å². The number of aromatic nitrogens is 5. The fourth-order valence-electron chi connectivity index (χ4n) is 4.78. The summed E-state index contributed by atoms with van der Waals surface area (Å²) < 4.78 is 28.4. The zero-order chi connectivity index (χ0) is 24.2. The van der Waals surface area contributed by atoms with Crippen LogP contribution in [0.3, 0.4) is 0 Å². The molecule has 4 heterocycles. The van der Waals surface area contributed by atoms with Crippen LogP contribution >= 0.6 is 0 Å². The van der Waals surface area contributed by atoms with E-state index in [9.17, 15) is 18.7 Å². The van der Waals surface area contributed by atoms with Crippen LogP contribution in [0.2, 0.25) is 0 Å². The number of nitrogens with zero attached hydrogens (tertiary/aromatic N) is 7. The number of hydrogen-bond acceptors (Lipinski definition) is 7. The second-order valence-electron chi connectivity index (χ2n) is 9.45. The van der Waals surface area contributed by atoms with E-state index in [0.29, 0.717) is 43.4 Å². The van der Waals surface area contributed by atoms with Crippen LogP contribution in [0.15, 0.2) is 30.6 Å². The maximum absolute atomic E-state index is 14.5. The van der Waals surface area contributed by atoms with E-state index in [2.05, 4.69) is 20.2 Å². The van der Waals surface area contributed by atoms with Crippen molar-refractivity contribution in [1.29, 1.82) is 0 Å². The van der Waals surface area contributed by atoms with Crippen LogP contribution < -0.4 is 4.90 Å². The largest absolute Gasteiger partial charge is 0.384 e. The minimum Gasteiger partial charge on any atom is -0.384 e.